The van der Waals surface area contributed by atoms with Gasteiger partial charge >= 0.3 is 0 Å². The fourth-order valence-corrected chi connectivity index (χ4v) is 3.93. The number of anilines is 2. The Morgan fingerprint density at radius 3 is 2.42 bits per heavy atom. The van der Waals surface area contributed by atoms with Crippen LogP contribution in [0.4, 0.5) is 11.4 Å². The molecule has 0 unspecified atom stereocenters. The molecule has 1 atom stereocenters. The lowest BCUT2D eigenvalue weighted by Gasteiger charge is -2.34. The number of hydrogen-bond donors (Lipinski definition) is 1. The van der Waals surface area contributed by atoms with Crippen molar-refractivity contribution < 1.29 is 17.9 Å². The third-order valence-electron chi connectivity index (χ3n) is 4.41. The maximum absolute atomic E-state index is 12.8. The Kier molecular flexibility index (Phi) is 4.66. The molecule has 0 fully saturated rings. The molecule has 1 heterocycles. The molecule has 2 aromatic carbocycles. The highest BCUT2D eigenvalue weighted by atomic mass is 32.2. The van der Waals surface area contributed by atoms with E-state index in [0.29, 0.717) is 11.4 Å². The minimum atomic E-state index is -3.54. The predicted octanol–water partition coefficient (Wildman–Crippen LogP) is 2.78. The van der Waals surface area contributed by atoms with Gasteiger partial charge in [-0.3, -0.25) is 9.10 Å². The van der Waals surface area contributed by atoms with E-state index in [2.05, 4.69) is 5.32 Å². The Bertz CT molecular complexity index is 949. The molecule has 138 valence electrons. The first-order valence-corrected chi connectivity index (χ1v) is 10.1. The summed E-state index contributed by atoms with van der Waals surface area (Å²) in [6.07, 6.45) is 0.198. The van der Waals surface area contributed by atoms with Crippen LogP contribution < -0.4 is 14.4 Å². The van der Waals surface area contributed by atoms with Crippen LogP contribution in [0.1, 0.15) is 16.7 Å². The molecule has 26 heavy (non-hydrogen) atoms. The molecule has 1 amide bonds. The average molecular weight is 374 g/mol. The summed E-state index contributed by atoms with van der Waals surface area (Å²) in [5, 5.41) is 2.88. The lowest BCUT2D eigenvalue weighted by atomic mass is 10.1. The van der Waals surface area contributed by atoms with Gasteiger partial charge in [0.05, 0.1) is 18.5 Å². The molecule has 2 aromatic rings. The zero-order valence-corrected chi connectivity index (χ0v) is 16.1. The van der Waals surface area contributed by atoms with E-state index in [4.69, 9.17) is 4.74 Å². The van der Waals surface area contributed by atoms with Crippen molar-refractivity contribution in [3.05, 3.63) is 53.1 Å². The summed E-state index contributed by atoms with van der Waals surface area (Å²) in [6.45, 7) is 5.63. The predicted molar refractivity (Wildman–Crippen MR) is 102 cm³/mol. The van der Waals surface area contributed by atoms with Crippen LogP contribution >= 0.6 is 0 Å². The second-order valence-corrected chi connectivity index (χ2v) is 8.53. The fraction of sp³-hybridized carbons (Fsp3) is 0.316. The number of carbonyl (C=O) groups excluding carboxylic acids is 1. The molecule has 3 rings (SSSR count). The molecule has 0 saturated heterocycles. The molecule has 0 aliphatic carbocycles. The third-order valence-corrected chi connectivity index (χ3v) is 5.55. The van der Waals surface area contributed by atoms with Gasteiger partial charge in [-0.2, -0.15) is 0 Å². The van der Waals surface area contributed by atoms with Gasteiger partial charge in [-0.1, -0.05) is 24.3 Å². The van der Waals surface area contributed by atoms with E-state index >= 15 is 0 Å². The average Bonchev–Trinajstić information content (AvgIpc) is 2.56. The quantitative estimate of drug-likeness (QED) is 0.896. The number of aryl methyl sites for hydroxylation is 3. The van der Waals surface area contributed by atoms with Gasteiger partial charge in [-0.05, 0) is 49.6 Å². The van der Waals surface area contributed by atoms with Crippen molar-refractivity contribution in [2.75, 3.05) is 22.4 Å². The number of amides is 1. The molecular formula is C19H22N2O4S. The summed E-state index contributed by atoms with van der Waals surface area (Å²) in [5.41, 5.74) is 3.97. The number of nitrogens with one attached hydrogen (secondary N) is 1. The van der Waals surface area contributed by atoms with Gasteiger partial charge in [0.1, 0.15) is 5.75 Å². The number of fused-ring (bicyclic) bond motifs is 1. The SMILES string of the molecule is Cc1ccc2c(c1)N(S(C)(=O)=O)C[C@@H](C(=O)Nc1c(C)cccc1C)O2. The van der Waals surface area contributed by atoms with Crippen molar-refractivity contribution in [1.82, 2.24) is 0 Å². The second kappa shape index (κ2) is 6.64. The first kappa shape index (κ1) is 18.3. The molecule has 1 aliphatic heterocycles. The van der Waals surface area contributed by atoms with Gasteiger partial charge in [0, 0.05) is 5.69 Å². The summed E-state index contributed by atoms with van der Waals surface area (Å²) < 4.78 is 31.5. The first-order chi connectivity index (χ1) is 12.2. The normalized spacial score (nSPS) is 16.6. The molecule has 1 aliphatic rings. The van der Waals surface area contributed by atoms with Crippen LogP contribution in [0.3, 0.4) is 0 Å². The van der Waals surface area contributed by atoms with Gasteiger partial charge < -0.3 is 10.1 Å². The summed E-state index contributed by atoms with van der Waals surface area (Å²) in [4.78, 5) is 12.8. The number of ether oxygens (including phenoxy) is 1. The molecule has 0 spiro atoms. The highest BCUT2D eigenvalue weighted by Gasteiger charge is 2.35. The van der Waals surface area contributed by atoms with E-state index in [9.17, 15) is 13.2 Å². The van der Waals surface area contributed by atoms with Crippen LogP contribution in [0, 0.1) is 20.8 Å². The van der Waals surface area contributed by atoms with Crippen molar-refractivity contribution >= 4 is 27.3 Å². The Morgan fingerprint density at radius 2 is 1.81 bits per heavy atom. The van der Waals surface area contributed by atoms with Crippen molar-refractivity contribution in [2.45, 2.75) is 26.9 Å². The Morgan fingerprint density at radius 1 is 1.15 bits per heavy atom. The van der Waals surface area contributed by atoms with E-state index in [0.717, 1.165) is 28.6 Å². The van der Waals surface area contributed by atoms with Crippen molar-refractivity contribution in [3.8, 4) is 5.75 Å². The van der Waals surface area contributed by atoms with Crippen LogP contribution in [0.5, 0.6) is 5.75 Å². The van der Waals surface area contributed by atoms with Crippen molar-refractivity contribution in [2.24, 2.45) is 0 Å². The van der Waals surface area contributed by atoms with Crippen LogP contribution in [0.15, 0.2) is 36.4 Å². The molecule has 0 bridgehead atoms. The van der Waals surface area contributed by atoms with Crippen LogP contribution in [-0.2, 0) is 14.8 Å². The monoisotopic (exact) mass is 374 g/mol. The van der Waals surface area contributed by atoms with Crippen molar-refractivity contribution in [3.63, 3.8) is 0 Å². The standard InChI is InChI=1S/C19H22N2O4S/c1-12-8-9-16-15(10-12)21(26(4,23)24)11-17(25-16)19(22)20-18-13(2)6-5-7-14(18)3/h5-10,17H,11H2,1-4H3,(H,20,22)/t17-/m0/s1. The molecule has 7 heteroatoms. The summed E-state index contributed by atoms with van der Waals surface area (Å²) in [7, 11) is -3.54. The molecular weight excluding hydrogens is 352 g/mol. The van der Waals surface area contributed by atoms with Gasteiger partial charge in [0.2, 0.25) is 10.0 Å². The highest BCUT2D eigenvalue weighted by molar-refractivity contribution is 7.92. The zero-order chi connectivity index (χ0) is 19.1. The molecule has 1 N–H and O–H groups in total. The van der Waals surface area contributed by atoms with Gasteiger partial charge in [-0.25, -0.2) is 8.42 Å². The Labute approximate surface area is 153 Å². The maximum atomic E-state index is 12.8. The van der Waals surface area contributed by atoms with Gasteiger partial charge in [-0.15, -0.1) is 0 Å². The van der Waals surface area contributed by atoms with Crippen LogP contribution in [-0.4, -0.2) is 33.2 Å². The molecule has 6 nitrogen and oxygen atoms in total. The first-order valence-electron chi connectivity index (χ1n) is 8.29. The molecule has 0 radical (unpaired) electrons. The topological polar surface area (TPSA) is 75.7 Å². The largest absolute Gasteiger partial charge is 0.476 e. The maximum Gasteiger partial charge on any atom is 0.267 e. The van der Waals surface area contributed by atoms with Gasteiger partial charge in [0.25, 0.3) is 5.91 Å². The van der Waals surface area contributed by atoms with E-state index in [1.807, 2.05) is 45.0 Å². The Balaban J connectivity index is 1.92. The van der Waals surface area contributed by atoms with Crippen LogP contribution in [0.25, 0.3) is 0 Å². The highest BCUT2D eigenvalue weighted by Crippen LogP contribution is 2.36. The minimum absolute atomic E-state index is 0.0634. The number of carbonyl (C=O) groups is 1. The third kappa shape index (κ3) is 3.53. The van der Waals surface area contributed by atoms with E-state index < -0.39 is 16.1 Å². The Hall–Kier alpha value is -2.54. The smallest absolute Gasteiger partial charge is 0.267 e. The van der Waals surface area contributed by atoms with E-state index in [1.54, 1.807) is 12.1 Å². The second-order valence-electron chi connectivity index (χ2n) is 6.63. The number of para-hydroxylation sites is 1. The lowest BCUT2D eigenvalue weighted by molar-refractivity contribution is -0.122. The van der Waals surface area contributed by atoms with Crippen molar-refractivity contribution in [1.29, 1.82) is 0 Å². The molecule has 0 saturated carbocycles. The molecule has 0 aromatic heterocycles. The van der Waals surface area contributed by atoms with E-state index in [1.165, 1.54) is 4.31 Å². The van der Waals surface area contributed by atoms with Gasteiger partial charge in [0.15, 0.2) is 6.10 Å². The zero-order valence-electron chi connectivity index (χ0n) is 15.2. The minimum Gasteiger partial charge on any atom is -0.476 e. The summed E-state index contributed by atoms with van der Waals surface area (Å²) >= 11 is 0. The lowest BCUT2D eigenvalue weighted by Crippen LogP contribution is -2.48. The van der Waals surface area contributed by atoms with E-state index in [-0.39, 0.29) is 12.5 Å². The number of benzene rings is 2. The number of rotatable bonds is 3. The number of sulfonamides is 1. The summed E-state index contributed by atoms with van der Waals surface area (Å²) in [6, 6.07) is 11.0. The van der Waals surface area contributed by atoms with Crippen LogP contribution in [0.2, 0.25) is 0 Å². The number of hydrogen-bond acceptors (Lipinski definition) is 4. The fourth-order valence-electron chi connectivity index (χ4n) is 3.03. The summed E-state index contributed by atoms with van der Waals surface area (Å²) in [5.74, 6) is 0.0104. The number of nitrogens with zero attached hydrogens (tertiary/aromatic N) is 1.